The topological polar surface area (TPSA) is 59.6 Å². The van der Waals surface area contributed by atoms with E-state index in [4.69, 9.17) is 4.98 Å². The van der Waals surface area contributed by atoms with Gasteiger partial charge in [-0.25, -0.2) is 14.0 Å². The molecule has 60 heavy (non-hydrogen) atoms. The maximum atomic E-state index is 14.6. The number of rotatable bonds is 6. The number of para-hydroxylation sites is 2. The Labute approximate surface area is 346 Å². The molecule has 10 aromatic rings. The average molecular weight is 775 g/mol. The van der Waals surface area contributed by atoms with E-state index in [2.05, 4.69) is 134 Å². The summed E-state index contributed by atoms with van der Waals surface area (Å²) < 4.78 is 3.11. The maximum absolute atomic E-state index is 14.6. The number of aromatic nitrogens is 3. The fourth-order valence-electron chi connectivity index (χ4n) is 9.18. The molecule has 0 aliphatic heterocycles. The lowest BCUT2D eigenvalue weighted by Gasteiger charge is -2.29. The van der Waals surface area contributed by atoms with Gasteiger partial charge in [0.05, 0.1) is 33.2 Å². The molecule has 8 aromatic carbocycles. The lowest BCUT2D eigenvalue weighted by Crippen LogP contribution is -2.28. The smallest absolute Gasteiger partial charge is 0.267 e. The predicted octanol–water partition coefficient (Wildman–Crippen LogP) is 12.3. The van der Waals surface area contributed by atoms with Gasteiger partial charge in [0.1, 0.15) is 0 Å². The van der Waals surface area contributed by atoms with Crippen LogP contribution in [-0.2, 0) is 5.41 Å². The van der Waals surface area contributed by atoms with Crippen molar-refractivity contribution in [2.45, 2.75) is 19.3 Å². The van der Waals surface area contributed by atoms with E-state index >= 15 is 0 Å². The molecule has 2 aromatic heterocycles. The van der Waals surface area contributed by atoms with Crippen molar-refractivity contribution in [3.63, 3.8) is 0 Å². The van der Waals surface area contributed by atoms with E-state index in [9.17, 15) is 9.59 Å². The Hall–Kier alpha value is -7.83. The van der Waals surface area contributed by atoms with Gasteiger partial charge in [0.2, 0.25) is 5.78 Å². The zero-order valence-corrected chi connectivity index (χ0v) is 33.1. The number of fused-ring (bicyclic) bond motifs is 7. The number of hydrogen-bond donors (Lipinski definition) is 0. The van der Waals surface area contributed by atoms with Gasteiger partial charge < -0.3 is 4.90 Å². The monoisotopic (exact) mass is 774 g/mol. The zero-order chi connectivity index (χ0) is 40.5. The molecular weight excluding hydrogens is 737 g/mol. The van der Waals surface area contributed by atoms with Crippen LogP contribution >= 0.6 is 0 Å². The Kier molecular flexibility index (Phi) is 8.03. The van der Waals surface area contributed by atoms with Crippen LogP contribution in [0.1, 0.15) is 25.0 Å². The first-order valence-electron chi connectivity index (χ1n) is 20.2. The summed E-state index contributed by atoms with van der Waals surface area (Å²) in [4.78, 5) is 35.9. The summed E-state index contributed by atoms with van der Waals surface area (Å²) in [7, 11) is 0. The molecule has 1 aliphatic rings. The normalized spacial score (nSPS) is 12.8. The largest absolute Gasteiger partial charge is 0.310 e. The highest BCUT2D eigenvalue weighted by Crippen LogP contribution is 2.54. The Morgan fingerprint density at radius 3 is 1.82 bits per heavy atom. The van der Waals surface area contributed by atoms with Crippen LogP contribution in [0.2, 0.25) is 0 Å². The number of hydrogen-bond acceptors (Lipinski definition) is 4. The third-order valence-electron chi connectivity index (χ3n) is 12.2. The van der Waals surface area contributed by atoms with E-state index in [-0.39, 0.29) is 22.3 Å². The minimum absolute atomic E-state index is 0.149. The molecule has 6 nitrogen and oxygen atoms in total. The molecule has 11 rings (SSSR count). The van der Waals surface area contributed by atoms with Crippen LogP contribution in [0.5, 0.6) is 0 Å². The summed E-state index contributed by atoms with van der Waals surface area (Å²) in [5.74, 6) is 0.273. The van der Waals surface area contributed by atoms with E-state index in [1.54, 1.807) is 21.1 Å². The molecular formula is C54H38N4O2. The Morgan fingerprint density at radius 1 is 0.500 bits per heavy atom. The van der Waals surface area contributed by atoms with Crippen molar-refractivity contribution in [1.82, 2.24) is 14.0 Å². The molecule has 0 saturated carbocycles. The van der Waals surface area contributed by atoms with E-state index in [0.717, 1.165) is 33.8 Å². The highest BCUT2D eigenvalue weighted by molar-refractivity contribution is 5.96. The van der Waals surface area contributed by atoms with Crippen LogP contribution in [0.3, 0.4) is 0 Å². The lowest BCUT2D eigenvalue weighted by atomic mass is 9.82. The predicted molar refractivity (Wildman–Crippen MR) is 245 cm³/mol. The molecule has 0 atom stereocenters. The first kappa shape index (κ1) is 35.3. The Balaban J connectivity index is 1.07. The molecule has 0 fully saturated rings. The molecule has 2 heterocycles. The van der Waals surface area contributed by atoms with Crippen LogP contribution < -0.4 is 16.0 Å². The fourth-order valence-corrected chi connectivity index (χ4v) is 9.18. The van der Waals surface area contributed by atoms with Crippen molar-refractivity contribution in [3.05, 3.63) is 226 Å². The molecule has 0 saturated heterocycles. The minimum Gasteiger partial charge on any atom is -0.310 e. The van der Waals surface area contributed by atoms with Gasteiger partial charge in [0.15, 0.2) is 0 Å². The van der Waals surface area contributed by atoms with Gasteiger partial charge in [-0.15, -0.1) is 0 Å². The van der Waals surface area contributed by atoms with Gasteiger partial charge in [0.25, 0.3) is 11.1 Å². The number of benzene rings is 8. The van der Waals surface area contributed by atoms with Crippen molar-refractivity contribution >= 4 is 44.6 Å². The van der Waals surface area contributed by atoms with Crippen molar-refractivity contribution in [1.29, 1.82) is 0 Å². The van der Waals surface area contributed by atoms with Crippen molar-refractivity contribution in [2.75, 3.05) is 4.90 Å². The van der Waals surface area contributed by atoms with Crippen molar-refractivity contribution < 1.29 is 0 Å². The lowest BCUT2D eigenvalue weighted by molar-refractivity contribution is 0.660. The van der Waals surface area contributed by atoms with Crippen LogP contribution in [0.4, 0.5) is 17.1 Å². The summed E-state index contributed by atoms with van der Waals surface area (Å²) in [5.41, 5.74) is 13.5. The SMILES string of the molecule is CC1(C)c2ccccc2-c2c(N(c3ccc(-c4ccccc4)cc3)c3ccc(-c4ccc5c(c4)c(=O)n(-c4ccccc4)c4nc6ccccc6c(=O)n54)cc3)cccc21. The quantitative estimate of drug-likeness (QED) is 0.125. The van der Waals surface area contributed by atoms with Crippen LogP contribution in [-0.4, -0.2) is 14.0 Å². The van der Waals surface area contributed by atoms with Crippen LogP contribution in [0.15, 0.2) is 204 Å². The maximum Gasteiger partial charge on any atom is 0.267 e. The zero-order valence-electron chi connectivity index (χ0n) is 33.1. The van der Waals surface area contributed by atoms with E-state index in [1.807, 2.05) is 66.7 Å². The van der Waals surface area contributed by atoms with Gasteiger partial charge in [-0.2, -0.15) is 0 Å². The molecule has 6 heteroatoms. The van der Waals surface area contributed by atoms with Gasteiger partial charge >= 0.3 is 0 Å². The second kappa shape index (κ2) is 13.6. The summed E-state index contributed by atoms with van der Waals surface area (Å²) in [6.07, 6.45) is 0. The number of nitrogens with zero attached hydrogens (tertiary/aromatic N) is 4. The molecule has 1 aliphatic carbocycles. The average Bonchev–Trinajstić information content (AvgIpc) is 3.54. The summed E-state index contributed by atoms with van der Waals surface area (Å²) >= 11 is 0. The van der Waals surface area contributed by atoms with Crippen molar-refractivity contribution in [3.8, 4) is 39.1 Å². The molecule has 286 valence electrons. The molecule has 0 bridgehead atoms. The summed E-state index contributed by atoms with van der Waals surface area (Å²) in [6.45, 7) is 4.62. The van der Waals surface area contributed by atoms with E-state index < -0.39 is 0 Å². The van der Waals surface area contributed by atoms with Gasteiger partial charge in [0, 0.05) is 22.4 Å². The Bertz CT molecular complexity index is 3430. The van der Waals surface area contributed by atoms with E-state index in [0.29, 0.717) is 27.5 Å². The van der Waals surface area contributed by atoms with Crippen molar-refractivity contribution in [2.24, 2.45) is 0 Å². The van der Waals surface area contributed by atoms with E-state index in [1.165, 1.54) is 27.8 Å². The summed E-state index contributed by atoms with van der Waals surface area (Å²) in [5, 5.41) is 0.915. The fraction of sp³-hybridized carbons (Fsp3) is 0.0556. The second-order valence-corrected chi connectivity index (χ2v) is 15.9. The number of anilines is 3. The van der Waals surface area contributed by atoms with Crippen LogP contribution in [0, 0.1) is 0 Å². The second-order valence-electron chi connectivity index (χ2n) is 15.9. The molecule has 0 N–H and O–H groups in total. The van der Waals surface area contributed by atoms with Gasteiger partial charge in [-0.1, -0.05) is 141 Å². The first-order valence-corrected chi connectivity index (χ1v) is 20.2. The molecule has 0 spiro atoms. The third kappa shape index (κ3) is 5.45. The van der Waals surface area contributed by atoms with Gasteiger partial charge in [-0.3, -0.25) is 9.59 Å². The molecule has 0 amide bonds. The minimum atomic E-state index is -0.247. The third-order valence-corrected chi connectivity index (χ3v) is 12.2. The highest BCUT2D eigenvalue weighted by atomic mass is 16.1. The highest BCUT2D eigenvalue weighted by Gasteiger charge is 2.37. The summed E-state index contributed by atoms with van der Waals surface area (Å²) in [6, 6.07) is 65.6. The molecule has 0 radical (unpaired) electrons. The van der Waals surface area contributed by atoms with Gasteiger partial charge in [-0.05, 0) is 106 Å². The Morgan fingerprint density at radius 2 is 1.08 bits per heavy atom. The van der Waals surface area contributed by atoms with Crippen LogP contribution in [0.25, 0.3) is 66.7 Å². The standard InChI is InChI=1S/C54H38N4O2/c1-54(2)45-20-11-9-18-42(45)50-46(54)21-13-23-49(50)56(40-29-24-36(25-30-40)35-14-5-3-6-15-35)41-31-26-37(27-32-41)38-28-33-48-44(34-38)52(60)57(39-16-7-4-8-17-39)53-55-47-22-12-10-19-43(47)51(59)58(48)53/h3-34H,1-2H3. The molecule has 0 unspecified atom stereocenters. The first-order chi connectivity index (χ1) is 29.4.